The van der Waals surface area contributed by atoms with Crippen LogP contribution in [-0.2, 0) is 0 Å². The van der Waals surface area contributed by atoms with E-state index in [2.05, 4.69) is 65.6 Å². The molecule has 180 valence electrons. The molecule has 0 saturated carbocycles. The van der Waals surface area contributed by atoms with Crippen molar-refractivity contribution in [1.29, 1.82) is 0 Å². The van der Waals surface area contributed by atoms with Gasteiger partial charge < -0.3 is 19.2 Å². The van der Waals surface area contributed by atoms with Gasteiger partial charge in [0.2, 0.25) is 5.75 Å². The van der Waals surface area contributed by atoms with Crippen molar-refractivity contribution in [3.05, 3.63) is 97.1 Å². The molecule has 1 heterocycles. The molecule has 5 aromatic rings. The van der Waals surface area contributed by atoms with Crippen molar-refractivity contribution in [3.63, 3.8) is 0 Å². The molecule has 0 bridgehead atoms. The van der Waals surface area contributed by atoms with Crippen molar-refractivity contribution in [3.8, 4) is 51.2 Å². The van der Waals surface area contributed by atoms with Gasteiger partial charge in [-0.2, -0.15) is 0 Å². The highest BCUT2D eigenvalue weighted by atomic mass is 32.2. The van der Waals surface area contributed by atoms with E-state index in [-0.39, 0.29) is 0 Å². The monoisotopic (exact) mass is 494 g/mol. The smallest absolute Gasteiger partial charge is 0.203 e. The Kier molecular flexibility index (Phi) is 6.96. The van der Waals surface area contributed by atoms with Crippen LogP contribution in [0.15, 0.2) is 107 Å². The molecule has 0 atom stereocenters. The van der Waals surface area contributed by atoms with Crippen LogP contribution in [0.25, 0.3) is 33.9 Å². The summed E-state index contributed by atoms with van der Waals surface area (Å²) in [6, 6.07) is 32.9. The van der Waals surface area contributed by atoms with Gasteiger partial charge in [-0.3, -0.25) is 0 Å². The molecule has 0 aliphatic carbocycles. The molecule has 0 unspecified atom stereocenters. The van der Waals surface area contributed by atoms with Gasteiger partial charge >= 0.3 is 0 Å². The van der Waals surface area contributed by atoms with Crippen molar-refractivity contribution < 1.29 is 14.2 Å². The Morgan fingerprint density at radius 1 is 0.611 bits per heavy atom. The highest BCUT2D eigenvalue weighted by molar-refractivity contribution is 7.99. The fraction of sp³-hybridized carbons (Fsp3) is 0.100. The number of aromatic amines is 1. The van der Waals surface area contributed by atoms with Crippen LogP contribution >= 0.6 is 11.8 Å². The van der Waals surface area contributed by atoms with Gasteiger partial charge in [0.15, 0.2) is 11.5 Å². The minimum Gasteiger partial charge on any atom is -0.493 e. The van der Waals surface area contributed by atoms with Crippen LogP contribution in [0.5, 0.6) is 17.2 Å². The lowest BCUT2D eigenvalue weighted by Crippen LogP contribution is -1.96. The van der Waals surface area contributed by atoms with Crippen LogP contribution in [0.3, 0.4) is 0 Å². The number of methoxy groups -OCH3 is 3. The van der Waals surface area contributed by atoms with Crippen molar-refractivity contribution in [2.45, 2.75) is 9.79 Å². The lowest BCUT2D eigenvalue weighted by Gasteiger charge is -2.13. The maximum absolute atomic E-state index is 5.56. The van der Waals surface area contributed by atoms with Crippen molar-refractivity contribution in [2.24, 2.45) is 0 Å². The van der Waals surface area contributed by atoms with E-state index < -0.39 is 0 Å². The average Bonchev–Trinajstić information content (AvgIpc) is 3.39. The molecule has 0 fully saturated rings. The second-order valence-corrected chi connectivity index (χ2v) is 9.18. The summed E-state index contributed by atoms with van der Waals surface area (Å²) >= 11 is 1.74. The van der Waals surface area contributed by atoms with Gasteiger partial charge in [-0.05, 0) is 36.4 Å². The molecule has 0 saturated heterocycles. The van der Waals surface area contributed by atoms with Gasteiger partial charge in [-0.25, -0.2) is 4.98 Å². The van der Waals surface area contributed by atoms with Gasteiger partial charge in [0, 0.05) is 26.5 Å². The SMILES string of the molecule is COc1cc(-c2nc(-c3ccccc3)c(-c3ccc(Sc4ccccc4)cc3)[nH]2)cc(OC)c1OC. The minimum atomic E-state index is 0.547. The number of imidazole rings is 1. The summed E-state index contributed by atoms with van der Waals surface area (Å²) in [5, 5.41) is 0. The van der Waals surface area contributed by atoms with E-state index in [1.54, 1.807) is 33.1 Å². The minimum absolute atomic E-state index is 0.547. The average molecular weight is 495 g/mol. The van der Waals surface area contributed by atoms with Crippen LogP contribution in [-0.4, -0.2) is 31.3 Å². The van der Waals surface area contributed by atoms with Crippen LogP contribution in [0.2, 0.25) is 0 Å². The number of nitrogens with zero attached hydrogens (tertiary/aromatic N) is 1. The predicted molar refractivity (Wildman–Crippen MR) is 145 cm³/mol. The van der Waals surface area contributed by atoms with Gasteiger partial charge in [0.1, 0.15) is 5.82 Å². The first-order chi connectivity index (χ1) is 17.7. The van der Waals surface area contributed by atoms with E-state index in [0.29, 0.717) is 23.1 Å². The second kappa shape index (κ2) is 10.6. The highest BCUT2D eigenvalue weighted by Crippen LogP contribution is 2.42. The quantitative estimate of drug-likeness (QED) is 0.241. The normalized spacial score (nSPS) is 10.8. The Labute approximate surface area is 215 Å². The van der Waals surface area contributed by atoms with E-state index in [9.17, 15) is 0 Å². The summed E-state index contributed by atoms with van der Waals surface area (Å²) < 4.78 is 16.6. The van der Waals surface area contributed by atoms with Crippen molar-refractivity contribution in [2.75, 3.05) is 21.3 Å². The molecule has 5 rings (SSSR count). The van der Waals surface area contributed by atoms with Crippen LogP contribution in [0.1, 0.15) is 0 Å². The van der Waals surface area contributed by atoms with E-state index in [1.165, 1.54) is 9.79 Å². The largest absolute Gasteiger partial charge is 0.493 e. The number of hydrogen-bond acceptors (Lipinski definition) is 5. The van der Waals surface area contributed by atoms with Gasteiger partial charge in [-0.1, -0.05) is 72.4 Å². The van der Waals surface area contributed by atoms with Crippen molar-refractivity contribution in [1.82, 2.24) is 9.97 Å². The molecule has 0 aliphatic rings. The fourth-order valence-electron chi connectivity index (χ4n) is 4.06. The molecule has 0 spiro atoms. The van der Waals surface area contributed by atoms with E-state index >= 15 is 0 Å². The summed E-state index contributed by atoms with van der Waals surface area (Å²) in [6.45, 7) is 0. The molecule has 36 heavy (non-hydrogen) atoms. The summed E-state index contributed by atoms with van der Waals surface area (Å²) in [7, 11) is 4.82. The van der Waals surface area contributed by atoms with Crippen molar-refractivity contribution >= 4 is 11.8 Å². The van der Waals surface area contributed by atoms with Gasteiger partial charge in [-0.15, -0.1) is 0 Å². The van der Waals surface area contributed by atoms with E-state index in [0.717, 1.165) is 28.1 Å². The van der Waals surface area contributed by atoms with E-state index in [4.69, 9.17) is 19.2 Å². The Hall–Kier alpha value is -4.16. The molecular formula is C30H26N2O3S. The summed E-state index contributed by atoms with van der Waals surface area (Å²) in [6.07, 6.45) is 0. The molecule has 0 radical (unpaired) electrons. The predicted octanol–water partition coefficient (Wildman–Crippen LogP) is 7.59. The van der Waals surface area contributed by atoms with Crippen LogP contribution in [0.4, 0.5) is 0 Å². The lowest BCUT2D eigenvalue weighted by atomic mass is 10.1. The number of H-pyrrole nitrogens is 1. The number of benzene rings is 4. The zero-order chi connectivity index (χ0) is 24.9. The summed E-state index contributed by atoms with van der Waals surface area (Å²) in [5.41, 5.74) is 4.75. The highest BCUT2D eigenvalue weighted by Gasteiger charge is 2.19. The Bertz CT molecular complexity index is 1420. The fourth-order valence-corrected chi connectivity index (χ4v) is 4.89. The topological polar surface area (TPSA) is 56.4 Å². The molecular weight excluding hydrogens is 468 g/mol. The maximum atomic E-state index is 5.56. The third kappa shape index (κ3) is 4.81. The molecule has 5 nitrogen and oxygen atoms in total. The molecule has 0 amide bonds. The number of nitrogens with one attached hydrogen (secondary N) is 1. The number of ether oxygens (including phenoxy) is 3. The number of rotatable bonds is 8. The first-order valence-corrected chi connectivity index (χ1v) is 12.3. The molecule has 6 heteroatoms. The number of aromatic nitrogens is 2. The maximum Gasteiger partial charge on any atom is 0.203 e. The Morgan fingerprint density at radius 3 is 1.78 bits per heavy atom. The summed E-state index contributed by atoms with van der Waals surface area (Å²) in [5.74, 6) is 2.41. The second-order valence-electron chi connectivity index (χ2n) is 8.03. The molecule has 0 aliphatic heterocycles. The van der Waals surface area contributed by atoms with Crippen LogP contribution < -0.4 is 14.2 Å². The third-order valence-corrected chi connectivity index (χ3v) is 6.83. The summed E-state index contributed by atoms with van der Waals surface area (Å²) in [4.78, 5) is 10.9. The Balaban J connectivity index is 1.58. The zero-order valence-corrected chi connectivity index (χ0v) is 21.1. The Morgan fingerprint density at radius 2 is 1.19 bits per heavy atom. The van der Waals surface area contributed by atoms with E-state index in [1.807, 2.05) is 36.4 Å². The molecule has 4 aromatic carbocycles. The molecule has 1 aromatic heterocycles. The molecule has 1 N–H and O–H groups in total. The van der Waals surface area contributed by atoms with Gasteiger partial charge in [0.05, 0.1) is 32.7 Å². The van der Waals surface area contributed by atoms with Gasteiger partial charge in [0.25, 0.3) is 0 Å². The zero-order valence-electron chi connectivity index (χ0n) is 20.3. The standard InChI is InChI=1S/C30H26N2O3S/c1-33-25-18-22(19-26(34-2)29(25)35-3)30-31-27(20-10-6-4-7-11-20)28(32-30)21-14-16-24(17-15-21)36-23-12-8-5-9-13-23/h4-19H,1-3H3,(H,31,32). The first-order valence-electron chi connectivity index (χ1n) is 11.5. The van der Waals surface area contributed by atoms with Crippen LogP contribution in [0, 0.1) is 0 Å². The third-order valence-electron chi connectivity index (χ3n) is 5.81. The number of hydrogen-bond donors (Lipinski definition) is 1. The first kappa shape index (κ1) is 23.6. The lowest BCUT2D eigenvalue weighted by molar-refractivity contribution is 0.324.